The molecule has 28 heavy (non-hydrogen) atoms. The van der Waals surface area contributed by atoms with Gasteiger partial charge in [0, 0.05) is 40.4 Å². The smallest absolute Gasteiger partial charge is 0.419 e. The molecule has 0 aliphatic rings. The van der Waals surface area contributed by atoms with E-state index in [0.29, 0.717) is 19.0 Å². The van der Waals surface area contributed by atoms with Crippen LogP contribution >= 0.6 is 24.0 Å². The van der Waals surface area contributed by atoms with Crippen LogP contribution in [0, 0.1) is 0 Å². The van der Waals surface area contributed by atoms with Crippen molar-refractivity contribution in [2.24, 2.45) is 4.99 Å². The van der Waals surface area contributed by atoms with Crippen molar-refractivity contribution in [3.63, 3.8) is 0 Å². The number of methoxy groups -OCH3 is 1. The SMILES string of the molecule is CN=C(NCCOc1ccccc1C(F)(F)F)NCCN(C)CCCOC.I. The molecular formula is C18H30F3IN4O2. The van der Waals surface area contributed by atoms with E-state index in [-0.39, 0.29) is 36.3 Å². The Kier molecular flexibility index (Phi) is 14.0. The molecule has 0 saturated carbocycles. The number of likely N-dealkylation sites (N-methyl/N-ethyl adjacent to an activating group) is 1. The number of halogens is 4. The van der Waals surface area contributed by atoms with Crippen LogP contribution < -0.4 is 15.4 Å². The first-order valence-corrected chi connectivity index (χ1v) is 8.79. The van der Waals surface area contributed by atoms with Crippen LogP contribution in [0.5, 0.6) is 5.75 Å². The van der Waals surface area contributed by atoms with Gasteiger partial charge < -0.3 is 25.0 Å². The molecule has 2 N–H and O–H groups in total. The predicted octanol–water partition coefficient (Wildman–Crippen LogP) is 2.84. The minimum atomic E-state index is -4.43. The van der Waals surface area contributed by atoms with E-state index in [2.05, 4.69) is 20.5 Å². The Bertz CT molecular complexity index is 574. The highest BCUT2D eigenvalue weighted by Gasteiger charge is 2.33. The number of alkyl halides is 3. The molecule has 0 aliphatic heterocycles. The fourth-order valence-electron chi connectivity index (χ4n) is 2.33. The van der Waals surface area contributed by atoms with Crippen LogP contribution in [0.4, 0.5) is 13.2 Å². The van der Waals surface area contributed by atoms with Gasteiger partial charge in [-0.15, -0.1) is 24.0 Å². The maximum atomic E-state index is 12.9. The van der Waals surface area contributed by atoms with Crippen molar-refractivity contribution in [2.75, 3.05) is 60.6 Å². The monoisotopic (exact) mass is 518 g/mol. The van der Waals surface area contributed by atoms with Crippen molar-refractivity contribution in [1.29, 1.82) is 0 Å². The van der Waals surface area contributed by atoms with Gasteiger partial charge in [-0.1, -0.05) is 12.1 Å². The topological polar surface area (TPSA) is 58.1 Å². The van der Waals surface area contributed by atoms with Crippen LogP contribution in [0.25, 0.3) is 0 Å². The molecule has 10 heteroatoms. The van der Waals surface area contributed by atoms with E-state index in [1.807, 2.05) is 7.05 Å². The summed E-state index contributed by atoms with van der Waals surface area (Å²) < 4.78 is 49.0. The van der Waals surface area contributed by atoms with Crippen LogP contribution in [0.2, 0.25) is 0 Å². The first-order valence-electron chi connectivity index (χ1n) is 8.79. The van der Waals surface area contributed by atoms with Crippen LogP contribution in [0.15, 0.2) is 29.3 Å². The fourth-order valence-corrected chi connectivity index (χ4v) is 2.33. The van der Waals surface area contributed by atoms with E-state index in [9.17, 15) is 13.2 Å². The molecule has 162 valence electrons. The van der Waals surface area contributed by atoms with Crippen LogP contribution in [-0.2, 0) is 10.9 Å². The number of guanidine groups is 1. The van der Waals surface area contributed by atoms with Gasteiger partial charge in [0.05, 0.1) is 12.1 Å². The molecule has 0 amide bonds. The standard InChI is InChI=1S/C18H29F3N4O2.HI/c1-22-17(23-9-12-25(2)11-6-13-26-3)24-10-14-27-16-8-5-4-7-15(16)18(19,20)21;/h4-5,7-8H,6,9-14H2,1-3H3,(H2,22,23,24);1H. The van der Waals surface area contributed by atoms with E-state index in [1.165, 1.54) is 18.2 Å². The van der Waals surface area contributed by atoms with E-state index in [1.54, 1.807) is 14.2 Å². The third-order valence-electron chi connectivity index (χ3n) is 3.74. The van der Waals surface area contributed by atoms with Gasteiger partial charge in [0.2, 0.25) is 0 Å². The second-order valence-corrected chi connectivity index (χ2v) is 5.92. The Labute approximate surface area is 181 Å². The minimum absolute atomic E-state index is 0. The van der Waals surface area contributed by atoms with Crippen LogP contribution in [0.3, 0.4) is 0 Å². The largest absolute Gasteiger partial charge is 0.491 e. The van der Waals surface area contributed by atoms with Gasteiger partial charge in [-0.25, -0.2) is 0 Å². The fraction of sp³-hybridized carbons (Fsp3) is 0.611. The highest BCUT2D eigenvalue weighted by molar-refractivity contribution is 14.0. The highest BCUT2D eigenvalue weighted by Crippen LogP contribution is 2.35. The number of para-hydroxylation sites is 1. The Balaban J connectivity index is 0.00000729. The summed E-state index contributed by atoms with van der Waals surface area (Å²) in [6.07, 6.45) is -3.46. The lowest BCUT2D eigenvalue weighted by atomic mass is 10.2. The molecule has 0 aliphatic carbocycles. The number of hydrogen-bond donors (Lipinski definition) is 2. The number of nitrogens with zero attached hydrogens (tertiary/aromatic N) is 2. The molecule has 0 heterocycles. The number of benzene rings is 1. The molecule has 0 fully saturated rings. The lowest BCUT2D eigenvalue weighted by Gasteiger charge is -2.18. The molecule has 0 radical (unpaired) electrons. The van der Waals surface area contributed by atoms with Gasteiger partial charge in [-0.05, 0) is 25.6 Å². The summed E-state index contributed by atoms with van der Waals surface area (Å²) in [5.74, 6) is 0.403. The van der Waals surface area contributed by atoms with Gasteiger partial charge in [-0.2, -0.15) is 13.2 Å². The Morgan fingerprint density at radius 1 is 1.11 bits per heavy atom. The molecule has 0 spiro atoms. The first-order chi connectivity index (χ1) is 12.9. The van der Waals surface area contributed by atoms with Crippen molar-refractivity contribution in [3.05, 3.63) is 29.8 Å². The summed E-state index contributed by atoms with van der Waals surface area (Å²) in [7, 11) is 5.35. The predicted molar refractivity (Wildman–Crippen MR) is 116 cm³/mol. The third-order valence-corrected chi connectivity index (χ3v) is 3.74. The number of hydrogen-bond acceptors (Lipinski definition) is 4. The second kappa shape index (κ2) is 14.7. The van der Waals surface area contributed by atoms with Gasteiger partial charge >= 0.3 is 6.18 Å². The summed E-state index contributed by atoms with van der Waals surface area (Å²) in [5, 5.41) is 6.17. The van der Waals surface area contributed by atoms with E-state index < -0.39 is 11.7 Å². The Morgan fingerprint density at radius 3 is 2.43 bits per heavy atom. The summed E-state index contributed by atoms with van der Waals surface area (Å²) in [5.41, 5.74) is -0.774. The lowest BCUT2D eigenvalue weighted by Crippen LogP contribution is -2.42. The van der Waals surface area contributed by atoms with Crippen molar-refractivity contribution in [1.82, 2.24) is 15.5 Å². The zero-order valence-corrected chi connectivity index (χ0v) is 18.8. The number of rotatable bonds is 11. The maximum absolute atomic E-state index is 12.9. The average molecular weight is 518 g/mol. The van der Waals surface area contributed by atoms with Crippen LogP contribution in [-0.4, -0.2) is 71.5 Å². The molecule has 0 aromatic heterocycles. The summed E-state index contributed by atoms with van der Waals surface area (Å²) in [4.78, 5) is 6.26. The van der Waals surface area contributed by atoms with Crippen molar-refractivity contribution >= 4 is 29.9 Å². The molecule has 0 unspecified atom stereocenters. The van der Waals surface area contributed by atoms with E-state index in [0.717, 1.165) is 32.2 Å². The zero-order chi connectivity index (χ0) is 20.1. The molecule has 6 nitrogen and oxygen atoms in total. The molecule has 0 atom stereocenters. The first kappa shape index (κ1) is 26.7. The molecular weight excluding hydrogens is 488 g/mol. The quantitative estimate of drug-likeness (QED) is 0.204. The maximum Gasteiger partial charge on any atom is 0.419 e. The number of ether oxygens (including phenoxy) is 2. The Morgan fingerprint density at radius 2 is 1.79 bits per heavy atom. The van der Waals surface area contributed by atoms with Gasteiger partial charge in [0.15, 0.2) is 5.96 Å². The number of nitrogens with one attached hydrogen (secondary N) is 2. The van der Waals surface area contributed by atoms with Crippen molar-refractivity contribution in [3.8, 4) is 5.75 Å². The van der Waals surface area contributed by atoms with Gasteiger partial charge in [0.1, 0.15) is 12.4 Å². The van der Waals surface area contributed by atoms with Crippen LogP contribution in [0.1, 0.15) is 12.0 Å². The molecule has 0 saturated heterocycles. The third kappa shape index (κ3) is 10.9. The lowest BCUT2D eigenvalue weighted by molar-refractivity contribution is -0.138. The summed E-state index contributed by atoms with van der Waals surface area (Å²) in [6, 6.07) is 5.18. The van der Waals surface area contributed by atoms with Crippen molar-refractivity contribution in [2.45, 2.75) is 12.6 Å². The van der Waals surface area contributed by atoms with E-state index in [4.69, 9.17) is 9.47 Å². The zero-order valence-electron chi connectivity index (χ0n) is 16.5. The summed E-state index contributed by atoms with van der Waals surface area (Å²) >= 11 is 0. The van der Waals surface area contributed by atoms with Gasteiger partial charge in [0.25, 0.3) is 0 Å². The number of aliphatic imine (C=N–C) groups is 1. The molecule has 1 aromatic rings. The highest BCUT2D eigenvalue weighted by atomic mass is 127. The molecule has 0 bridgehead atoms. The molecule has 1 rings (SSSR count). The van der Waals surface area contributed by atoms with Gasteiger partial charge in [-0.3, -0.25) is 4.99 Å². The second-order valence-electron chi connectivity index (χ2n) is 5.92. The van der Waals surface area contributed by atoms with Crippen molar-refractivity contribution < 1.29 is 22.6 Å². The normalized spacial score (nSPS) is 11.9. The minimum Gasteiger partial charge on any atom is -0.491 e. The van der Waals surface area contributed by atoms with E-state index >= 15 is 0 Å². The average Bonchev–Trinajstić information content (AvgIpc) is 2.63. The molecule has 1 aromatic carbocycles. The Hall–Kier alpha value is -1.27. The summed E-state index contributed by atoms with van der Waals surface area (Å²) in [6.45, 7) is 3.62.